The predicted molar refractivity (Wildman–Crippen MR) is 106 cm³/mol. The first kappa shape index (κ1) is 18.6. The Hall–Kier alpha value is -3.19. The Balaban J connectivity index is 1.62. The first-order chi connectivity index (χ1) is 13.2. The molecule has 3 aromatic rings. The first-order valence-corrected chi connectivity index (χ1v) is 9.46. The summed E-state index contributed by atoms with van der Waals surface area (Å²) in [5.74, 6) is -0.620. The number of aromatic nitrogens is 2. The molecule has 2 heterocycles. The molecule has 0 aliphatic rings. The number of nitrogens with zero attached hydrogens (tertiary/aromatic N) is 2. The second kappa shape index (κ2) is 9.49. The molecule has 0 unspecified atom stereocenters. The Labute approximate surface area is 161 Å². The molecule has 3 rings (SSSR count). The van der Waals surface area contributed by atoms with E-state index in [1.54, 1.807) is 42.9 Å². The average Bonchev–Trinajstić information content (AvgIpc) is 3.39. The van der Waals surface area contributed by atoms with Crippen LogP contribution < -0.4 is 10.6 Å². The summed E-state index contributed by atoms with van der Waals surface area (Å²) in [5.41, 5.74) is 0.733. The van der Waals surface area contributed by atoms with Crippen molar-refractivity contribution < 1.29 is 9.59 Å². The molecular weight excluding hydrogens is 360 g/mol. The maximum atomic E-state index is 12.6. The molecule has 2 N–H and O–H groups in total. The minimum absolute atomic E-state index is 0.230. The summed E-state index contributed by atoms with van der Waals surface area (Å²) in [6, 6.07) is 12.6. The van der Waals surface area contributed by atoms with E-state index in [0.717, 1.165) is 17.8 Å². The fourth-order valence-electron chi connectivity index (χ4n) is 2.44. The molecule has 0 saturated heterocycles. The fourth-order valence-corrected chi connectivity index (χ4v) is 3.09. The van der Waals surface area contributed by atoms with Gasteiger partial charge in [0.15, 0.2) is 0 Å². The van der Waals surface area contributed by atoms with Crippen LogP contribution in [-0.4, -0.2) is 27.9 Å². The minimum Gasteiger partial charge on any atom is -0.351 e. The molecule has 0 aliphatic heterocycles. The highest BCUT2D eigenvalue weighted by Gasteiger charge is 2.14. The monoisotopic (exact) mass is 380 g/mol. The maximum Gasteiger partial charge on any atom is 0.267 e. The zero-order valence-electron chi connectivity index (χ0n) is 14.7. The van der Waals surface area contributed by atoms with Gasteiger partial charge in [-0.25, -0.2) is 4.98 Å². The van der Waals surface area contributed by atoms with Gasteiger partial charge in [-0.2, -0.15) is 0 Å². The molecule has 2 aromatic heterocycles. The highest BCUT2D eigenvalue weighted by atomic mass is 32.1. The molecule has 138 valence electrons. The summed E-state index contributed by atoms with van der Waals surface area (Å²) in [5, 5.41) is 7.51. The quantitative estimate of drug-likeness (QED) is 0.466. The van der Waals surface area contributed by atoms with Crippen LogP contribution in [0.4, 0.5) is 0 Å². The molecule has 0 aliphatic carbocycles. The van der Waals surface area contributed by atoms with Gasteiger partial charge in [0.2, 0.25) is 0 Å². The molecule has 2 amide bonds. The van der Waals surface area contributed by atoms with Crippen molar-refractivity contribution in [2.45, 2.75) is 13.0 Å². The second-order valence-corrected chi connectivity index (χ2v) is 6.78. The summed E-state index contributed by atoms with van der Waals surface area (Å²) >= 11 is 1.50. The molecule has 27 heavy (non-hydrogen) atoms. The molecule has 0 fully saturated rings. The van der Waals surface area contributed by atoms with Crippen molar-refractivity contribution in [2.75, 3.05) is 6.54 Å². The maximum absolute atomic E-state index is 12.6. The number of amides is 2. The van der Waals surface area contributed by atoms with Crippen LogP contribution in [0.1, 0.15) is 21.7 Å². The highest BCUT2D eigenvalue weighted by molar-refractivity contribution is 7.10. The molecule has 0 atom stereocenters. The van der Waals surface area contributed by atoms with E-state index in [1.807, 2.05) is 34.3 Å². The van der Waals surface area contributed by atoms with E-state index in [2.05, 4.69) is 15.6 Å². The lowest BCUT2D eigenvalue weighted by Crippen LogP contribution is -2.35. The van der Waals surface area contributed by atoms with Gasteiger partial charge in [0.1, 0.15) is 5.70 Å². The normalized spacial score (nSPS) is 11.2. The van der Waals surface area contributed by atoms with E-state index in [0.29, 0.717) is 12.1 Å². The van der Waals surface area contributed by atoms with Crippen molar-refractivity contribution in [3.63, 3.8) is 0 Å². The Bertz CT molecular complexity index is 887. The van der Waals surface area contributed by atoms with Gasteiger partial charge in [-0.3, -0.25) is 9.59 Å². The third kappa shape index (κ3) is 5.65. The van der Waals surface area contributed by atoms with Crippen molar-refractivity contribution in [1.29, 1.82) is 0 Å². The van der Waals surface area contributed by atoms with E-state index >= 15 is 0 Å². The smallest absolute Gasteiger partial charge is 0.267 e. The number of carbonyl (C=O) groups excluding carboxylic acids is 2. The topological polar surface area (TPSA) is 76.0 Å². The van der Waals surface area contributed by atoms with Gasteiger partial charge in [0.25, 0.3) is 11.8 Å². The van der Waals surface area contributed by atoms with Crippen molar-refractivity contribution in [3.05, 3.63) is 82.7 Å². The molecule has 7 heteroatoms. The molecule has 6 nitrogen and oxygen atoms in total. The largest absolute Gasteiger partial charge is 0.351 e. The second-order valence-electron chi connectivity index (χ2n) is 5.80. The van der Waals surface area contributed by atoms with Gasteiger partial charge in [0, 0.05) is 35.9 Å². The van der Waals surface area contributed by atoms with E-state index < -0.39 is 0 Å². The number of hydrogen-bond acceptors (Lipinski definition) is 4. The average molecular weight is 380 g/mol. The number of imidazole rings is 1. The van der Waals surface area contributed by atoms with E-state index in [4.69, 9.17) is 0 Å². The molecule has 1 aromatic carbocycles. The van der Waals surface area contributed by atoms with Crippen LogP contribution in [0.3, 0.4) is 0 Å². The highest BCUT2D eigenvalue weighted by Crippen LogP contribution is 2.13. The molecule has 0 saturated carbocycles. The van der Waals surface area contributed by atoms with E-state index in [-0.39, 0.29) is 17.5 Å². The SMILES string of the molecule is O=C(NCCCn1ccnc1)/C(=C\c1cccs1)NC(=O)c1ccccc1. The number of benzene rings is 1. The van der Waals surface area contributed by atoms with Crippen molar-refractivity contribution in [2.24, 2.45) is 0 Å². The zero-order chi connectivity index (χ0) is 18.9. The molecule has 0 radical (unpaired) electrons. The standard InChI is InChI=1S/C20H20N4O2S/c25-19(16-6-2-1-3-7-16)23-18(14-17-8-4-13-27-17)20(26)22-9-5-11-24-12-10-21-15-24/h1-4,6-8,10,12-15H,5,9,11H2,(H,22,26)(H,23,25)/b18-14+. The zero-order valence-corrected chi connectivity index (χ0v) is 15.5. The number of hydrogen-bond donors (Lipinski definition) is 2. The van der Waals surface area contributed by atoms with Gasteiger partial charge in [-0.05, 0) is 36.1 Å². The lowest BCUT2D eigenvalue weighted by Gasteiger charge is -2.11. The third-order valence-corrected chi connectivity index (χ3v) is 4.62. The number of carbonyl (C=O) groups is 2. The van der Waals surface area contributed by atoms with Gasteiger partial charge in [0.05, 0.1) is 6.33 Å². The van der Waals surface area contributed by atoms with E-state index in [9.17, 15) is 9.59 Å². The van der Waals surface area contributed by atoms with Crippen molar-refractivity contribution in [3.8, 4) is 0 Å². The predicted octanol–water partition coefficient (Wildman–Crippen LogP) is 2.92. The molecule has 0 bridgehead atoms. The minimum atomic E-state index is -0.313. The van der Waals surface area contributed by atoms with Crippen LogP contribution in [0.25, 0.3) is 6.08 Å². The fraction of sp³-hybridized carbons (Fsp3) is 0.150. The van der Waals surface area contributed by atoms with Gasteiger partial charge >= 0.3 is 0 Å². The van der Waals surface area contributed by atoms with Crippen molar-refractivity contribution in [1.82, 2.24) is 20.2 Å². The summed E-state index contributed by atoms with van der Waals surface area (Å²) in [6.07, 6.45) is 7.80. The summed E-state index contributed by atoms with van der Waals surface area (Å²) < 4.78 is 1.95. The van der Waals surface area contributed by atoms with Crippen LogP contribution in [0.15, 0.2) is 72.3 Å². The Morgan fingerprint density at radius 2 is 2.00 bits per heavy atom. The van der Waals surface area contributed by atoms with E-state index in [1.165, 1.54) is 11.3 Å². The number of thiophene rings is 1. The molecule has 0 spiro atoms. The Kier molecular flexibility index (Phi) is 6.54. The van der Waals surface area contributed by atoms with Gasteiger partial charge in [-0.15, -0.1) is 11.3 Å². The Morgan fingerprint density at radius 1 is 1.15 bits per heavy atom. The van der Waals surface area contributed by atoms with Crippen LogP contribution in [-0.2, 0) is 11.3 Å². The Morgan fingerprint density at radius 3 is 2.70 bits per heavy atom. The number of nitrogens with one attached hydrogen (secondary N) is 2. The summed E-state index contributed by atoms with van der Waals surface area (Å²) in [7, 11) is 0. The molecular formula is C20H20N4O2S. The third-order valence-electron chi connectivity index (χ3n) is 3.80. The summed E-state index contributed by atoms with van der Waals surface area (Å²) in [4.78, 5) is 29.9. The number of rotatable bonds is 8. The van der Waals surface area contributed by atoms with Crippen LogP contribution >= 0.6 is 11.3 Å². The first-order valence-electron chi connectivity index (χ1n) is 8.58. The van der Waals surface area contributed by atoms with Gasteiger partial charge in [-0.1, -0.05) is 24.3 Å². The number of aryl methyl sites for hydroxylation is 1. The van der Waals surface area contributed by atoms with Crippen LogP contribution in [0, 0.1) is 0 Å². The summed E-state index contributed by atoms with van der Waals surface area (Å²) in [6.45, 7) is 1.26. The van der Waals surface area contributed by atoms with Crippen LogP contribution in [0.2, 0.25) is 0 Å². The van der Waals surface area contributed by atoms with Crippen molar-refractivity contribution >= 4 is 29.2 Å². The van der Waals surface area contributed by atoms with Gasteiger partial charge < -0.3 is 15.2 Å². The lowest BCUT2D eigenvalue weighted by atomic mass is 10.2. The van der Waals surface area contributed by atoms with Crippen LogP contribution in [0.5, 0.6) is 0 Å². The lowest BCUT2D eigenvalue weighted by molar-refractivity contribution is -0.117.